The van der Waals surface area contributed by atoms with E-state index in [1.807, 2.05) is 0 Å². The number of nitrogens with zero attached hydrogens (tertiary/aromatic N) is 3. The highest BCUT2D eigenvalue weighted by atomic mass is 32.1. The van der Waals surface area contributed by atoms with Crippen LogP contribution in [0.25, 0.3) is 15.3 Å². The van der Waals surface area contributed by atoms with Crippen LogP contribution >= 0.6 is 11.3 Å². The molecule has 3 rings (SSSR count). The summed E-state index contributed by atoms with van der Waals surface area (Å²) in [6.07, 6.45) is -3.55. The van der Waals surface area contributed by atoms with E-state index < -0.39 is 23.0 Å². The zero-order chi connectivity index (χ0) is 18.0. The molecule has 132 valence electrons. The van der Waals surface area contributed by atoms with Crippen molar-refractivity contribution >= 4 is 27.8 Å². The summed E-state index contributed by atoms with van der Waals surface area (Å²) in [4.78, 5) is 20.4. The highest BCUT2D eigenvalue weighted by molar-refractivity contribution is 7.20. The highest BCUT2D eigenvalue weighted by Crippen LogP contribution is 2.30. The second kappa shape index (κ2) is 6.81. The van der Waals surface area contributed by atoms with Gasteiger partial charge < -0.3 is 5.11 Å². The number of alkyl halides is 3. The Hall–Kier alpha value is -2.46. The fourth-order valence-corrected chi connectivity index (χ4v) is 3.12. The fourth-order valence-electron chi connectivity index (χ4n) is 2.19. The molecule has 2 N–H and O–H groups in total. The maximum absolute atomic E-state index is 13.2. The Morgan fingerprint density at radius 2 is 2.12 bits per heavy atom. The molecular formula is C15H13F3N4O2S. The number of aliphatic hydroxyl groups excluding tert-OH is 1. The van der Waals surface area contributed by atoms with Crippen LogP contribution in [0, 0.1) is 0 Å². The molecule has 0 saturated heterocycles. The predicted octanol–water partition coefficient (Wildman–Crippen LogP) is 2.60. The van der Waals surface area contributed by atoms with Gasteiger partial charge in [-0.05, 0) is 18.6 Å². The number of aromatic nitrogens is 3. The van der Waals surface area contributed by atoms with E-state index in [1.165, 1.54) is 0 Å². The molecule has 0 spiro atoms. The van der Waals surface area contributed by atoms with E-state index in [0.29, 0.717) is 11.9 Å². The zero-order valence-corrected chi connectivity index (χ0v) is 13.6. The first kappa shape index (κ1) is 17.4. The van der Waals surface area contributed by atoms with Crippen molar-refractivity contribution in [2.24, 2.45) is 4.99 Å². The van der Waals surface area contributed by atoms with Crippen LogP contribution in [-0.4, -0.2) is 39.2 Å². The summed E-state index contributed by atoms with van der Waals surface area (Å²) in [7, 11) is 0. The molecule has 1 aromatic carbocycles. The molecular weight excluding hydrogens is 357 g/mol. The molecule has 0 radical (unpaired) electrons. The minimum absolute atomic E-state index is 0.117. The number of rotatable bonds is 5. The van der Waals surface area contributed by atoms with Gasteiger partial charge in [0.25, 0.3) is 5.56 Å². The topological polar surface area (TPSA) is 83.3 Å². The molecule has 0 aliphatic heterocycles. The maximum Gasteiger partial charge on any atom is 0.433 e. The van der Waals surface area contributed by atoms with Crippen LogP contribution in [0.1, 0.15) is 17.7 Å². The minimum Gasteiger partial charge on any atom is -0.396 e. The molecule has 0 fully saturated rings. The Morgan fingerprint density at radius 1 is 1.36 bits per heavy atom. The Morgan fingerprint density at radius 3 is 2.80 bits per heavy atom. The van der Waals surface area contributed by atoms with Crippen molar-refractivity contribution in [1.29, 1.82) is 0 Å². The van der Waals surface area contributed by atoms with Crippen LogP contribution < -0.4 is 5.56 Å². The molecule has 0 saturated carbocycles. The second-order valence-corrected chi connectivity index (χ2v) is 6.12. The summed E-state index contributed by atoms with van der Waals surface area (Å²) < 4.78 is 41.2. The van der Waals surface area contributed by atoms with E-state index in [0.717, 1.165) is 26.9 Å². The van der Waals surface area contributed by atoms with Gasteiger partial charge in [-0.15, -0.1) is 0 Å². The Balaban J connectivity index is 2.10. The lowest BCUT2D eigenvalue weighted by atomic mass is 10.2. The third-order valence-corrected chi connectivity index (χ3v) is 4.37. The first-order chi connectivity index (χ1) is 11.9. The quantitative estimate of drug-likeness (QED) is 0.535. The fraction of sp³-hybridized carbons (Fsp3) is 0.267. The average Bonchev–Trinajstić information content (AvgIpc) is 3.12. The van der Waals surface area contributed by atoms with Gasteiger partial charge in [0.1, 0.15) is 0 Å². The monoisotopic (exact) mass is 370 g/mol. The molecule has 0 atom stereocenters. The van der Waals surface area contributed by atoms with Crippen molar-refractivity contribution in [2.45, 2.75) is 12.6 Å². The molecule has 25 heavy (non-hydrogen) atoms. The zero-order valence-electron chi connectivity index (χ0n) is 12.7. The van der Waals surface area contributed by atoms with Gasteiger partial charge in [0, 0.05) is 19.4 Å². The first-order valence-corrected chi connectivity index (χ1v) is 8.12. The molecule has 2 aromatic heterocycles. The molecule has 10 heteroatoms. The Bertz CT molecular complexity index is 938. The summed E-state index contributed by atoms with van der Waals surface area (Å²) in [6.45, 7) is -0.00784. The number of hydrogen-bond acceptors (Lipinski definition) is 5. The average molecular weight is 370 g/mol. The molecule has 0 bridgehead atoms. The minimum atomic E-state index is -4.74. The van der Waals surface area contributed by atoms with Gasteiger partial charge in [0.15, 0.2) is 5.69 Å². The smallest absolute Gasteiger partial charge is 0.396 e. The van der Waals surface area contributed by atoms with Crippen molar-refractivity contribution in [3.8, 4) is 5.13 Å². The van der Waals surface area contributed by atoms with Gasteiger partial charge in [0.05, 0.1) is 15.8 Å². The summed E-state index contributed by atoms with van der Waals surface area (Å²) in [5, 5.41) is 10.9. The Kier molecular flexibility index (Phi) is 4.73. The number of aliphatic imine (C=N–C) groups is 1. The van der Waals surface area contributed by atoms with Crippen molar-refractivity contribution in [3.63, 3.8) is 0 Å². The number of aromatic amines is 1. The standard InChI is InChI=1S/C15H13F3N4O2S/c16-15(17,18)12-9(8-19-6-3-7-23)13(24)22(21-12)14-20-10-4-1-2-5-11(10)25-14/h1-2,4-5,8,21,23H,3,6-7H2. The third kappa shape index (κ3) is 3.49. The van der Waals surface area contributed by atoms with Gasteiger partial charge >= 0.3 is 6.18 Å². The predicted molar refractivity (Wildman–Crippen MR) is 88.7 cm³/mol. The number of para-hydroxylation sites is 1. The van der Waals surface area contributed by atoms with Gasteiger partial charge in [-0.25, -0.2) is 4.98 Å². The summed E-state index contributed by atoms with van der Waals surface area (Å²) in [5.74, 6) is 0. The van der Waals surface area contributed by atoms with Crippen molar-refractivity contribution in [2.75, 3.05) is 13.2 Å². The summed E-state index contributed by atoms with van der Waals surface area (Å²) >= 11 is 1.10. The van der Waals surface area contributed by atoms with Crippen LogP contribution in [0.2, 0.25) is 0 Å². The lowest BCUT2D eigenvalue weighted by Gasteiger charge is -2.03. The van der Waals surface area contributed by atoms with Crippen LogP contribution in [-0.2, 0) is 6.18 Å². The largest absolute Gasteiger partial charge is 0.433 e. The maximum atomic E-state index is 13.2. The SMILES string of the molecule is O=c1c(C=NCCCO)c(C(F)(F)F)[nH]n1-c1nc2ccccc2s1. The van der Waals surface area contributed by atoms with Crippen LogP contribution in [0.15, 0.2) is 34.1 Å². The molecule has 2 heterocycles. The van der Waals surface area contributed by atoms with Gasteiger partial charge in [-0.3, -0.25) is 14.9 Å². The third-order valence-electron chi connectivity index (χ3n) is 3.35. The van der Waals surface area contributed by atoms with E-state index in [4.69, 9.17) is 5.11 Å². The van der Waals surface area contributed by atoms with Gasteiger partial charge in [0.2, 0.25) is 5.13 Å². The number of hydrogen-bond donors (Lipinski definition) is 2. The number of halogens is 3. The lowest BCUT2D eigenvalue weighted by Crippen LogP contribution is -2.17. The molecule has 0 unspecified atom stereocenters. The van der Waals surface area contributed by atoms with E-state index in [9.17, 15) is 18.0 Å². The number of aliphatic hydroxyl groups is 1. The van der Waals surface area contributed by atoms with Crippen molar-refractivity contribution in [3.05, 3.63) is 45.9 Å². The van der Waals surface area contributed by atoms with E-state index in [2.05, 4.69) is 15.1 Å². The molecule has 0 aliphatic carbocycles. The van der Waals surface area contributed by atoms with Gasteiger partial charge in [-0.1, -0.05) is 23.5 Å². The number of benzene rings is 1. The summed E-state index contributed by atoms with van der Waals surface area (Å²) in [6, 6.07) is 7.02. The number of H-pyrrole nitrogens is 1. The highest BCUT2D eigenvalue weighted by Gasteiger charge is 2.38. The lowest BCUT2D eigenvalue weighted by molar-refractivity contribution is -0.141. The van der Waals surface area contributed by atoms with Crippen molar-refractivity contribution in [1.82, 2.24) is 14.8 Å². The normalized spacial score (nSPS) is 12.5. The van der Waals surface area contributed by atoms with E-state index in [1.54, 1.807) is 24.3 Å². The molecule has 6 nitrogen and oxygen atoms in total. The molecule has 3 aromatic rings. The van der Waals surface area contributed by atoms with Crippen LogP contribution in [0.3, 0.4) is 0 Å². The van der Waals surface area contributed by atoms with Crippen molar-refractivity contribution < 1.29 is 18.3 Å². The molecule has 0 amide bonds. The summed E-state index contributed by atoms with van der Waals surface area (Å²) in [5.41, 5.74) is -2.04. The van der Waals surface area contributed by atoms with Crippen LogP contribution in [0.5, 0.6) is 0 Å². The number of thiazole rings is 1. The Labute approximate surface area is 143 Å². The van der Waals surface area contributed by atoms with Crippen LogP contribution in [0.4, 0.5) is 13.2 Å². The first-order valence-electron chi connectivity index (χ1n) is 7.30. The number of nitrogens with one attached hydrogen (secondary N) is 1. The van der Waals surface area contributed by atoms with Gasteiger partial charge in [-0.2, -0.15) is 17.9 Å². The van der Waals surface area contributed by atoms with E-state index >= 15 is 0 Å². The van der Waals surface area contributed by atoms with E-state index in [-0.39, 0.29) is 18.3 Å². The number of fused-ring (bicyclic) bond motifs is 1. The second-order valence-electron chi connectivity index (χ2n) is 5.12. The molecule has 0 aliphatic rings.